The van der Waals surface area contributed by atoms with E-state index in [-0.39, 0.29) is 5.57 Å². The van der Waals surface area contributed by atoms with Gasteiger partial charge in [-0.3, -0.25) is 0 Å². The van der Waals surface area contributed by atoms with Crippen LogP contribution in [0.2, 0.25) is 0 Å². The second-order valence-corrected chi connectivity index (χ2v) is 4.70. The minimum atomic E-state index is 0.115. The van der Waals surface area contributed by atoms with Crippen molar-refractivity contribution < 1.29 is 0 Å². The van der Waals surface area contributed by atoms with Crippen molar-refractivity contribution in [2.24, 2.45) is 0 Å². The largest absolute Gasteiger partial charge is 0.192 e. The molecule has 0 aliphatic rings. The number of nitriles is 2. The van der Waals surface area contributed by atoms with E-state index in [4.69, 9.17) is 10.5 Å². The molecule has 0 N–H and O–H groups in total. The highest BCUT2D eigenvalue weighted by Gasteiger charge is 2.00. The van der Waals surface area contributed by atoms with E-state index in [1.54, 1.807) is 6.08 Å². The number of benzene rings is 2. The van der Waals surface area contributed by atoms with Crippen LogP contribution in [-0.2, 0) is 0 Å². The molecule has 0 bridgehead atoms. The van der Waals surface area contributed by atoms with E-state index >= 15 is 0 Å². The Hall–Kier alpha value is -2.84. The third kappa shape index (κ3) is 2.94. The summed E-state index contributed by atoms with van der Waals surface area (Å²) >= 11 is 0. The number of rotatable bonds is 2. The predicted molar refractivity (Wildman–Crippen MR) is 80.6 cm³/mol. The molecule has 0 saturated carbocycles. The summed E-state index contributed by atoms with van der Waals surface area (Å²) in [6.45, 7) is 4.19. The summed E-state index contributed by atoms with van der Waals surface area (Å²) in [5.41, 5.74) is 5.81. The number of allylic oxidation sites excluding steroid dienone is 1. The van der Waals surface area contributed by atoms with Gasteiger partial charge in [-0.15, -0.1) is 0 Å². The second kappa shape index (κ2) is 5.87. The molecule has 2 rings (SSSR count). The summed E-state index contributed by atoms with van der Waals surface area (Å²) < 4.78 is 0. The number of hydrogen-bond acceptors (Lipinski definition) is 2. The zero-order chi connectivity index (χ0) is 14.5. The quantitative estimate of drug-likeness (QED) is 0.749. The Morgan fingerprint density at radius 1 is 0.850 bits per heavy atom. The Labute approximate surface area is 119 Å². The smallest absolute Gasteiger partial charge is 0.130 e. The van der Waals surface area contributed by atoms with Gasteiger partial charge in [0.05, 0.1) is 0 Å². The van der Waals surface area contributed by atoms with E-state index in [1.165, 1.54) is 16.7 Å². The van der Waals surface area contributed by atoms with Crippen molar-refractivity contribution in [3.63, 3.8) is 0 Å². The van der Waals surface area contributed by atoms with Gasteiger partial charge in [0.2, 0.25) is 0 Å². The van der Waals surface area contributed by atoms with Gasteiger partial charge in [0.15, 0.2) is 0 Å². The van der Waals surface area contributed by atoms with Crippen LogP contribution in [0.15, 0.2) is 48.0 Å². The fraction of sp³-hybridized carbons (Fsp3) is 0.111. The lowest BCUT2D eigenvalue weighted by atomic mass is 9.99. The summed E-state index contributed by atoms with van der Waals surface area (Å²) in [4.78, 5) is 0. The van der Waals surface area contributed by atoms with Gasteiger partial charge in [0, 0.05) is 0 Å². The number of aryl methyl sites for hydroxylation is 2. The van der Waals surface area contributed by atoms with E-state index in [2.05, 4.69) is 32.0 Å². The lowest BCUT2D eigenvalue weighted by molar-refractivity contribution is 1.34. The van der Waals surface area contributed by atoms with Crippen LogP contribution in [0.3, 0.4) is 0 Å². The number of nitrogens with zero attached hydrogens (tertiary/aromatic N) is 2. The minimum Gasteiger partial charge on any atom is -0.192 e. The standard InChI is InChI=1S/C18H14N2/c1-13-3-6-18(9-14(13)2)17-7-4-15(5-8-17)10-16(11-19)12-20/h3-10H,1-2H3. The van der Waals surface area contributed by atoms with Crippen LogP contribution in [-0.4, -0.2) is 0 Å². The van der Waals surface area contributed by atoms with Crippen LogP contribution >= 0.6 is 0 Å². The van der Waals surface area contributed by atoms with Crippen LogP contribution in [0.4, 0.5) is 0 Å². The molecule has 0 saturated heterocycles. The molecule has 0 aromatic heterocycles. The third-order valence-electron chi connectivity index (χ3n) is 3.30. The Morgan fingerprint density at radius 2 is 1.45 bits per heavy atom. The summed E-state index contributed by atoms with van der Waals surface area (Å²) in [6.07, 6.45) is 1.59. The highest BCUT2D eigenvalue weighted by molar-refractivity contribution is 5.68. The van der Waals surface area contributed by atoms with Crippen LogP contribution < -0.4 is 0 Å². The molecule has 20 heavy (non-hydrogen) atoms. The van der Waals surface area contributed by atoms with Crippen LogP contribution in [0.5, 0.6) is 0 Å². The van der Waals surface area contributed by atoms with Crippen molar-refractivity contribution >= 4 is 6.08 Å². The maximum atomic E-state index is 8.74. The molecule has 0 spiro atoms. The molecule has 0 radical (unpaired) electrons. The molecule has 2 aromatic rings. The van der Waals surface area contributed by atoms with E-state index < -0.39 is 0 Å². The van der Waals surface area contributed by atoms with Crippen LogP contribution in [0.25, 0.3) is 17.2 Å². The maximum absolute atomic E-state index is 8.74. The molecule has 96 valence electrons. The topological polar surface area (TPSA) is 47.6 Å². The molecule has 0 aliphatic heterocycles. The first-order valence-corrected chi connectivity index (χ1v) is 6.33. The molecule has 0 atom stereocenters. The van der Waals surface area contributed by atoms with Crippen LogP contribution in [0.1, 0.15) is 16.7 Å². The fourth-order valence-corrected chi connectivity index (χ4v) is 1.95. The molecular weight excluding hydrogens is 244 g/mol. The zero-order valence-electron chi connectivity index (χ0n) is 11.5. The summed E-state index contributed by atoms with van der Waals surface area (Å²) in [7, 11) is 0. The first-order valence-electron chi connectivity index (χ1n) is 6.33. The average molecular weight is 258 g/mol. The van der Waals surface area contributed by atoms with Gasteiger partial charge in [-0.1, -0.05) is 42.5 Å². The predicted octanol–water partition coefficient (Wildman–Crippen LogP) is 4.40. The summed E-state index contributed by atoms with van der Waals surface area (Å²) in [5.74, 6) is 0. The van der Waals surface area contributed by atoms with Gasteiger partial charge < -0.3 is 0 Å². The number of hydrogen-bond donors (Lipinski definition) is 0. The Bertz CT molecular complexity index is 722. The molecular formula is C18H14N2. The average Bonchev–Trinajstić information content (AvgIpc) is 2.48. The van der Waals surface area contributed by atoms with Gasteiger partial charge >= 0.3 is 0 Å². The van der Waals surface area contributed by atoms with Gasteiger partial charge in [-0.05, 0) is 47.7 Å². The van der Waals surface area contributed by atoms with Gasteiger partial charge in [0.1, 0.15) is 17.7 Å². The van der Waals surface area contributed by atoms with Crippen molar-refractivity contribution in [1.82, 2.24) is 0 Å². The molecule has 2 nitrogen and oxygen atoms in total. The third-order valence-corrected chi connectivity index (χ3v) is 3.30. The lowest BCUT2D eigenvalue weighted by Gasteiger charge is -2.06. The SMILES string of the molecule is Cc1ccc(-c2ccc(C=C(C#N)C#N)cc2)cc1C. The van der Waals surface area contributed by atoms with E-state index in [0.29, 0.717) is 0 Å². The first-order chi connectivity index (χ1) is 9.63. The Balaban J connectivity index is 2.34. The van der Waals surface area contributed by atoms with E-state index in [9.17, 15) is 0 Å². The van der Waals surface area contributed by atoms with Crippen molar-refractivity contribution in [3.8, 4) is 23.3 Å². The molecule has 0 amide bonds. The van der Waals surface area contributed by atoms with Crippen molar-refractivity contribution in [3.05, 3.63) is 64.7 Å². The molecule has 0 aliphatic carbocycles. The fourth-order valence-electron chi connectivity index (χ4n) is 1.95. The van der Waals surface area contributed by atoms with Crippen molar-refractivity contribution in [2.75, 3.05) is 0 Å². The normalized spacial score (nSPS) is 9.40. The minimum absolute atomic E-state index is 0.115. The molecule has 0 fully saturated rings. The second-order valence-electron chi connectivity index (χ2n) is 4.70. The Kier molecular flexibility index (Phi) is 3.99. The van der Waals surface area contributed by atoms with Crippen molar-refractivity contribution in [1.29, 1.82) is 10.5 Å². The van der Waals surface area contributed by atoms with E-state index in [0.717, 1.165) is 11.1 Å². The highest BCUT2D eigenvalue weighted by atomic mass is 14.3. The molecule has 0 heterocycles. The maximum Gasteiger partial charge on any atom is 0.130 e. The monoisotopic (exact) mass is 258 g/mol. The summed E-state index contributed by atoms with van der Waals surface area (Å²) in [6, 6.07) is 17.9. The Morgan fingerprint density at radius 3 is 2.00 bits per heavy atom. The molecule has 2 heteroatoms. The van der Waals surface area contributed by atoms with Crippen molar-refractivity contribution in [2.45, 2.75) is 13.8 Å². The van der Waals surface area contributed by atoms with E-state index in [1.807, 2.05) is 36.4 Å². The molecule has 0 unspecified atom stereocenters. The zero-order valence-corrected chi connectivity index (χ0v) is 11.5. The van der Waals surface area contributed by atoms with Crippen LogP contribution in [0, 0.1) is 36.5 Å². The first kappa shape index (κ1) is 13.6. The highest BCUT2D eigenvalue weighted by Crippen LogP contribution is 2.23. The summed E-state index contributed by atoms with van der Waals surface area (Å²) in [5, 5.41) is 17.5. The van der Waals surface area contributed by atoms with Gasteiger partial charge in [0.25, 0.3) is 0 Å². The lowest BCUT2D eigenvalue weighted by Crippen LogP contribution is -1.84. The molecule has 2 aromatic carbocycles. The van der Waals surface area contributed by atoms with Gasteiger partial charge in [-0.2, -0.15) is 10.5 Å². The van der Waals surface area contributed by atoms with Gasteiger partial charge in [-0.25, -0.2) is 0 Å².